The predicted octanol–water partition coefficient (Wildman–Crippen LogP) is 1.55. The molecule has 1 saturated carbocycles. The maximum atomic E-state index is 12.0. The second-order valence-corrected chi connectivity index (χ2v) is 6.70. The summed E-state index contributed by atoms with van der Waals surface area (Å²) in [5, 5.41) is 0.313. The number of sulfonamides is 1. The zero-order valence-electron chi connectivity index (χ0n) is 9.61. The van der Waals surface area contributed by atoms with E-state index in [4.69, 9.17) is 11.6 Å². The Morgan fingerprint density at radius 2 is 2.06 bits per heavy atom. The molecule has 1 aromatic rings. The van der Waals surface area contributed by atoms with Crippen molar-refractivity contribution in [2.45, 2.75) is 49.1 Å². The van der Waals surface area contributed by atoms with Crippen LogP contribution < -0.4 is 4.72 Å². The molecular formula is C10H16ClN3O2S. The molecular weight excluding hydrogens is 262 g/mol. The summed E-state index contributed by atoms with van der Waals surface area (Å²) in [7, 11) is -3.47. The van der Waals surface area contributed by atoms with Crippen molar-refractivity contribution in [3.05, 3.63) is 12.0 Å². The number of hydrogen-bond acceptors (Lipinski definition) is 3. The number of nitrogens with one attached hydrogen (secondary N) is 2. The van der Waals surface area contributed by atoms with Crippen LogP contribution in [0.25, 0.3) is 0 Å². The molecule has 0 spiro atoms. The number of nitrogens with zero attached hydrogens (tertiary/aromatic N) is 1. The Balaban J connectivity index is 2.03. The lowest BCUT2D eigenvalue weighted by Crippen LogP contribution is -2.37. The lowest BCUT2D eigenvalue weighted by Gasteiger charge is -2.25. The smallest absolute Gasteiger partial charge is 0.257 e. The van der Waals surface area contributed by atoms with Gasteiger partial charge in [0.2, 0.25) is 0 Å². The molecule has 1 aromatic heterocycles. The van der Waals surface area contributed by atoms with Gasteiger partial charge in [-0.2, -0.15) is 0 Å². The van der Waals surface area contributed by atoms with Crippen molar-refractivity contribution in [2.24, 2.45) is 0 Å². The highest BCUT2D eigenvalue weighted by Gasteiger charge is 2.25. The molecule has 2 rings (SSSR count). The Kier molecular flexibility index (Phi) is 3.75. The standard InChI is InChI=1S/C10H16ClN3O2S/c1-7-12-6-10(13-7)17(15,16)14-9-4-2-8(11)3-5-9/h6,8-9,14H,2-5H2,1H3,(H,12,13). The predicted molar refractivity (Wildman–Crippen MR) is 65.5 cm³/mol. The molecule has 1 aliphatic rings. The minimum absolute atomic E-state index is 0.0152. The maximum absolute atomic E-state index is 12.0. The van der Waals surface area contributed by atoms with Crippen LogP contribution in [-0.2, 0) is 10.0 Å². The van der Waals surface area contributed by atoms with Gasteiger partial charge >= 0.3 is 0 Å². The van der Waals surface area contributed by atoms with Crippen LogP contribution in [0.4, 0.5) is 0 Å². The van der Waals surface area contributed by atoms with Crippen LogP contribution >= 0.6 is 11.6 Å². The number of aryl methyl sites for hydroxylation is 1. The summed E-state index contributed by atoms with van der Waals surface area (Å²) in [5.74, 6) is 0.592. The SMILES string of the molecule is Cc1ncc(S(=O)(=O)NC2CCC(Cl)CC2)[nH]1. The van der Waals surface area contributed by atoms with Gasteiger partial charge in [-0.05, 0) is 32.6 Å². The van der Waals surface area contributed by atoms with Gasteiger partial charge in [-0.1, -0.05) is 0 Å². The van der Waals surface area contributed by atoms with E-state index in [1.54, 1.807) is 6.92 Å². The molecule has 1 heterocycles. The number of aromatic amines is 1. The number of aromatic nitrogens is 2. The van der Waals surface area contributed by atoms with E-state index in [1.807, 2.05) is 0 Å². The van der Waals surface area contributed by atoms with Crippen LogP contribution in [0.3, 0.4) is 0 Å². The fourth-order valence-corrected chi connectivity index (χ4v) is 3.52. The van der Waals surface area contributed by atoms with Crippen LogP contribution in [0, 0.1) is 6.92 Å². The first kappa shape index (κ1) is 12.9. The van der Waals surface area contributed by atoms with E-state index in [-0.39, 0.29) is 16.4 Å². The Morgan fingerprint density at radius 1 is 1.41 bits per heavy atom. The van der Waals surface area contributed by atoms with E-state index in [9.17, 15) is 8.42 Å². The van der Waals surface area contributed by atoms with E-state index in [0.29, 0.717) is 5.82 Å². The minimum Gasteiger partial charge on any atom is -0.332 e. The first-order valence-electron chi connectivity index (χ1n) is 5.65. The van der Waals surface area contributed by atoms with E-state index in [1.165, 1.54) is 6.20 Å². The summed E-state index contributed by atoms with van der Waals surface area (Å²) in [5.41, 5.74) is 0. The molecule has 7 heteroatoms. The lowest BCUT2D eigenvalue weighted by molar-refractivity contribution is 0.416. The van der Waals surface area contributed by atoms with Crippen LogP contribution in [0.5, 0.6) is 0 Å². The average molecular weight is 278 g/mol. The fraction of sp³-hybridized carbons (Fsp3) is 0.700. The van der Waals surface area contributed by atoms with Gasteiger partial charge in [-0.3, -0.25) is 0 Å². The quantitative estimate of drug-likeness (QED) is 0.823. The van der Waals surface area contributed by atoms with Gasteiger partial charge in [-0.25, -0.2) is 18.1 Å². The minimum atomic E-state index is -3.47. The normalized spacial score (nSPS) is 26.0. The highest BCUT2D eigenvalue weighted by molar-refractivity contribution is 7.89. The van der Waals surface area contributed by atoms with Crippen molar-refractivity contribution in [3.8, 4) is 0 Å². The Hall–Kier alpha value is -0.590. The van der Waals surface area contributed by atoms with E-state index < -0.39 is 10.0 Å². The molecule has 0 atom stereocenters. The Bertz CT molecular complexity index is 477. The first-order valence-corrected chi connectivity index (χ1v) is 7.57. The van der Waals surface area contributed by atoms with E-state index in [0.717, 1.165) is 25.7 Å². The molecule has 96 valence electrons. The zero-order valence-corrected chi connectivity index (χ0v) is 11.2. The van der Waals surface area contributed by atoms with Gasteiger partial charge in [0.05, 0.1) is 6.20 Å². The molecule has 5 nitrogen and oxygen atoms in total. The summed E-state index contributed by atoms with van der Waals surface area (Å²) in [6.07, 6.45) is 4.64. The number of imidazole rings is 1. The third-order valence-electron chi connectivity index (χ3n) is 2.95. The van der Waals surface area contributed by atoms with Gasteiger partial charge in [-0.15, -0.1) is 11.6 Å². The van der Waals surface area contributed by atoms with Crippen molar-refractivity contribution in [1.29, 1.82) is 0 Å². The van der Waals surface area contributed by atoms with Crippen LogP contribution in [0.15, 0.2) is 11.2 Å². The largest absolute Gasteiger partial charge is 0.332 e. The summed E-state index contributed by atoms with van der Waals surface area (Å²) < 4.78 is 26.6. The van der Waals surface area contributed by atoms with Crippen LogP contribution in [0.1, 0.15) is 31.5 Å². The van der Waals surface area contributed by atoms with E-state index >= 15 is 0 Å². The third-order valence-corrected chi connectivity index (χ3v) is 4.81. The molecule has 17 heavy (non-hydrogen) atoms. The molecule has 2 N–H and O–H groups in total. The van der Waals surface area contributed by atoms with Gasteiger partial charge < -0.3 is 4.98 Å². The van der Waals surface area contributed by atoms with Crippen molar-refractivity contribution in [2.75, 3.05) is 0 Å². The van der Waals surface area contributed by atoms with Crippen molar-refractivity contribution >= 4 is 21.6 Å². The van der Waals surface area contributed by atoms with Gasteiger partial charge in [0.25, 0.3) is 10.0 Å². The Labute approximate surface area is 106 Å². The Morgan fingerprint density at radius 3 is 2.59 bits per heavy atom. The third kappa shape index (κ3) is 3.20. The molecule has 0 saturated heterocycles. The topological polar surface area (TPSA) is 74.8 Å². The van der Waals surface area contributed by atoms with Crippen molar-refractivity contribution in [1.82, 2.24) is 14.7 Å². The zero-order chi connectivity index (χ0) is 12.5. The summed E-state index contributed by atoms with van der Waals surface area (Å²) in [6, 6.07) is -0.0152. The van der Waals surface area contributed by atoms with Gasteiger partial charge in [0.1, 0.15) is 5.82 Å². The molecule has 1 fully saturated rings. The van der Waals surface area contributed by atoms with Crippen LogP contribution in [0.2, 0.25) is 0 Å². The summed E-state index contributed by atoms with van der Waals surface area (Å²) in [6.45, 7) is 1.72. The van der Waals surface area contributed by atoms with Gasteiger partial charge in [0, 0.05) is 11.4 Å². The number of rotatable bonds is 3. The molecule has 0 unspecified atom stereocenters. The maximum Gasteiger partial charge on any atom is 0.257 e. The molecule has 1 aliphatic carbocycles. The second kappa shape index (κ2) is 4.96. The summed E-state index contributed by atoms with van der Waals surface area (Å²) >= 11 is 5.98. The number of hydrogen-bond donors (Lipinski definition) is 2. The monoisotopic (exact) mass is 277 g/mol. The van der Waals surface area contributed by atoms with Gasteiger partial charge in [0.15, 0.2) is 5.03 Å². The van der Waals surface area contributed by atoms with E-state index in [2.05, 4.69) is 14.7 Å². The van der Waals surface area contributed by atoms with Crippen LogP contribution in [-0.4, -0.2) is 29.8 Å². The number of H-pyrrole nitrogens is 1. The number of halogens is 1. The molecule has 0 radical (unpaired) electrons. The highest BCUT2D eigenvalue weighted by atomic mass is 35.5. The number of alkyl halides is 1. The molecule has 0 aliphatic heterocycles. The second-order valence-electron chi connectivity index (χ2n) is 4.40. The van der Waals surface area contributed by atoms with Crippen molar-refractivity contribution in [3.63, 3.8) is 0 Å². The average Bonchev–Trinajstić information content (AvgIpc) is 2.69. The van der Waals surface area contributed by atoms with Crippen molar-refractivity contribution < 1.29 is 8.42 Å². The molecule has 0 amide bonds. The lowest BCUT2D eigenvalue weighted by atomic mass is 9.96. The molecule has 0 bridgehead atoms. The first-order chi connectivity index (χ1) is 7.97. The fourth-order valence-electron chi connectivity index (χ4n) is 1.99. The summed E-state index contributed by atoms with van der Waals surface area (Å²) in [4.78, 5) is 6.62. The highest BCUT2D eigenvalue weighted by Crippen LogP contribution is 2.23. The molecule has 0 aromatic carbocycles.